The number of aliphatic hydroxyl groups excluding tert-OH is 4. The second-order valence-electron chi connectivity index (χ2n) is 3.73. The Morgan fingerprint density at radius 2 is 0.818 bits per heavy atom. The molecule has 0 spiro atoms. The summed E-state index contributed by atoms with van der Waals surface area (Å²) < 4.78 is 0. The minimum absolute atomic E-state index is 0.0740. The maximum Gasteiger partial charge on any atom is 0.0942 e. The third-order valence-corrected chi connectivity index (χ3v) is 1.98. The molecule has 0 saturated heterocycles. The van der Waals surface area contributed by atoms with Crippen LogP contribution in [0.15, 0.2) is 12.2 Å². The normalized spacial score (nSPS) is 12.1. The molecule has 0 aliphatic heterocycles. The monoisotopic (exact) mass is 326 g/mol. The SMILES string of the molecule is OCCON(CC=CCN(OCCO)OCCO)OCCO. The summed E-state index contributed by atoms with van der Waals surface area (Å²) in [6.45, 7) is 0.202. The molecule has 10 heteroatoms. The van der Waals surface area contributed by atoms with Crippen LogP contribution in [0, 0.1) is 0 Å². The second kappa shape index (κ2) is 16.7. The molecule has 22 heavy (non-hydrogen) atoms. The summed E-state index contributed by atoms with van der Waals surface area (Å²) in [5.41, 5.74) is 0. The molecule has 0 aliphatic carbocycles. The van der Waals surface area contributed by atoms with Gasteiger partial charge in [0, 0.05) is 0 Å². The molecule has 4 N–H and O–H groups in total. The fourth-order valence-electron chi connectivity index (χ4n) is 1.18. The molecule has 10 nitrogen and oxygen atoms in total. The second-order valence-corrected chi connectivity index (χ2v) is 3.73. The Morgan fingerprint density at radius 3 is 1.05 bits per heavy atom. The predicted molar refractivity (Wildman–Crippen MR) is 74.7 cm³/mol. The van der Waals surface area contributed by atoms with Crippen LogP contribution in [0.25, 0.3) is 0 Å². The lowest BCUT2D eigenvalue weighted by molar-refractivity contribution is -0.367. The molecule has 0 aromatic rings. The molecule has 0 aliphatic rings. The van der Waals surface area contributed by atoms with Gasteiger partial charge in [-0.05, 0) is 0 Å². The van der Waals surface area contributed by atoms with Crippen molar-refractivity contribution < 1.29 is 39.8 Å². The maximum atomic E-state index is 8.69. The van der Waals surface area contributed by atoms with Crippen LogP contribution in [-0.2, 0) is 19.4 Å². The lowest BCUT2D eigenvalue weighted by Gasteiger charge is -2.20. The first-order valence-electron chi connectivity index (χ1n) is 6.93. The highest BCUT2D eigenvalue weighted by atomic mass is 17.0. The van der Waals surface area contributed by atoms with Crippen molar-refractivity contribution in [2.75, 3.05) is 65.9 Å². The molecule has 0 atom stereocenters. The Bertz CT molecular complexity index is 217. The number of hydroxylamine groups is 4. The van der Waals surface area contributed by atoms with Crippen molar-refractivity contribution in [2.45, 2.75) is 0 Å². The van der Waals surface area contributed by atoms with E-state index in [1.54, 1.807) is 12.2 Å². The van der Waals surface area contributed by atoms with Gasteiger partial charge in [-0.15, -0.1) is 0 Å². The van der Waals surface area contributed by atoms with E-state index in [1.807, 2.05) is 0 Å². The molecule has 0 amide bonds. The maximum absolute atomic E-state index is 8.69. The van der Waals surface area contributed by atoms with E-state index in [1.165, 1.54) is 0 Å². The molecule has 0 heterocycles. The zero-order valence-corrected chi connectivity index (χ0v) is 12.5. The van der Waals surface area contributed by atoms with Crippen LogP contribution in [0.4, 0.5) is 0 Å². The topological polar surface area (TPSA) is 124 Å². The highest BCUT2D eigenvalue weighted by Crippen LogP contribution is 1.96. The fraction of sp³-hybridized carbons (Fsp3) is 0.833. The molecule has 0 aromatic heterocycles. The Labute approximate surface area is 129 Å². The summed E-state index contributed by atoms with van der Waals surface area (Å²) in [7, 11) is 0. The van der Waals surface area contributed by atoms with E-state index in [4.69, 9.17) is 39.8 Å². The van der Waals surface area contributed by atoms with E-state index >= 15 is 0 Å². The lowest BCUT2D eigenvalue weighted by Crippen LogP contribution is -2.29. The predicted octanol–water partition coefficient (Wildman–Crippen LogP) is -2.16. The van der Waals surface area contributed by atoms with Crippen LogP contribution < -0.4 is 0 Å². The van der Waals surface area contributed by atoms with Crippen LogP contribution in [0.5, 0.6) is 0 Å². The van der Waals surface area contributed by atoms with E-state index < -0.39 is 0 Å². The standard InChI is InChI=1S/C12H26N2O8/c15-5-9-19-13(20-10-6-16)3-1-2-4-14(21-11-7-17)22-12-8-18/h1-2,15-18H,3-12H2. The van der Waals surface area contributed by atoms with Gasteiger partial charge in [0.25, 0.3) is 0 Å². The van der Waals surface area contributed by atoms with Crippen molar-refractivity contribution >= 4 is 0 Å². The molecule has 0 aromatic carbocycles. The largest absolute Gasteiger partial charge is 0.394 e. The van der Waals surface area contributed by atoms with Crippen LogP contribution in [0.3, 0.4) is 0 Å². The van der Waals surface area contributed by atoms with Crippen molar-refractivity contribution in [3.8, 4) is 0 Å². The van der Waals surface area contributed by atoms with Crippen LogP contribution in [0.1, 0.15) is 0 Å². The Morgan fingerprint density at radius 1 is 0.545 bits per heavy atom. The van der Waals surface area contributed by atoms with Crippen LogP contribution >= 0.6 is 0 Å². The molecule has 0 unspecified atom stereocenters. The summed E-state index contributed by atoms with van der Waals surface area (Å²) in [6.07, 6.45) is 3.40. The van der Waals surface area contributed by atoms with Gasteiger partial charge in [0.05, 0.1) is 65.9 Å². The Hall–Kier alpha value is -0.660. The highest BCUT2D eigenvalue weighted by Gasteiger charge is 2.05. The summed E-state index contributed by atoms with van der Waals surface area (Å²) in [4.78, 5) is 20.3. The van der Waals surface area contributed by atoms with Gasteiger partial charge < -0.3 is 20.4 Å². The molecule has 0 radical (unpaired) electrons. The first-order valence-corrected chi connectivity index (χ1v) is 6.93. The zero-order valence-electron chi connectivity index (χ0n) is 12.5. The molecule has 132 valence electrons. The summed E-state index contributed by atoms with van der Waals surface area (Å²) >= 11 is 0. The minimum atomic E-state index is -0.152. The number of hydrogen-bond acceptors (Lipinski definition) is 10. The summed E-state index contributed by atoms with van der Waals surface area (Å²) in [5, 5.41) is 37.0. The van der Waals surface area contributed by atoms with E-state index in [0.29, 0.717) is 0 Å². The highest BCUT2D eigenvalue weighted by molar-refractivity contribution is 4.83. The zero-order chi connectivity index (χ0) is 16.5. The van der Waals surface area contributed by atoms with Crippen molar-refractivity contribution in [1.82, 2.24) is 10.5 Å². The number of aliphatic hydroxyl groups is 4. The first kappa shape index (κ1) is 21.3. The van der Waals surface area contributed by atoms with Crippen molar-refractivity contribution in [1.29, 1.82) is 0 Å². The van der Waals surface area contributed by atoms with Gasteiger partial charge in [0.1, 0.15) is 0 Å². The van der Waals surface area contributed by atoms with Gasteiger partial charge >= 0.3 is 0 Å². The quantitative estimate of drug-likeness (QED) is 0.184. The average molecular weight is 326 g/mol. The molecule has 0 saturated carbocycles. The van der Waals surface area contributed by atoms with Gasteiger partial charge in [-0.25, -0.2) is 0 Å². The van der Waals surface area contributed by atoms with E-state index in [9.17, 15) is 0 Å². The van der Waals surface area contributed by atoms with Crippen molar-refractivity contribution in [3.05, 3.63) is 12.2 Å². The third-order valence-electron chi connectivity index (χ3n) is 1.98. The molecule has 0 fully saturated rings. The van der Waals surface area contributed by atoms with E-state index in [-0.39, 0.29) is 65.9 Å². The van der Waals surface area contributed by atoms with Crippen molar-refractivity contribution in [3.63, 3.8) is 0 Å². The summed E-state index contributed by atoms with van der Waals surface area (Å²) in [6, 6.07) is 0. The lowest BCUT2D eigenvalue weighted by atomic mass is 10.5. The van der Waals surface area contributed by atoms with Crippen LogP contribution in [0.2, 0.25) is 0 Å². The molecule has 0 rings (SSSR count). The molecule has 0 bridgehead atoms. The molecular formula is C12H26N2O8. The van der Waals surface area contributed by atoms with E-state index in [0.717, 1.165) is 10.5 Å². The van der Waals surface area contributed by atoms with Gasteiger partial charge in [-0.1, -0.05) is 22.6 Å². The fourth-order valence-corrected chi connectivity index (χ4v) is 1.18. The molecular weight excluding hydrogens is 300 g/mol. The smallest absolute Gasteiger partial charge is 0.0942 e. The minimum Gasteiger partial charge on any atom is -0.394 e. The number of rotatable bonds is 16. The van der Waals surface area contributed by atoms with E-state index in [2.05, 4.69) is 0 Å². The van der Waals surface area contributed by atoms with Crippen LogP contribution in [-0.4, -0.2) is 96.8 Å². The van der Waals surface area contributed by atoms with Gasteiger partial charge in [0.2, 0.25) is 0 Å². The van der Waals surface area contributed by atoms with Gasteiger partial charge in [0.15, 0.2) is 0 Å². The average Bonchev–Trinajstić information content (AvgIpc) is 2.54. The summed E-state index contributed by atoms with van der Waals surface area (Å²) in [5.74, 6) is 0. The van der Waals surface area contributed by atoms with Gasteiger partial charge in [-0.3, -0.25) is 19.4 Å². The number of hydrogen-bond donors (Lipinski definition) is 4. The Balaban J connectivity index is 4.08. The van der Waals surface area contributed by atoms with Crippen molar-refractivity contribution in [2.24, 2.45) is 0 Å². The first-order chi connectivity index (χ1) is 10.8. The number of nitrogens with zero attached hydrogens (tertiary/aromatic N) is 2. The Kier molecular flexibility index (Phi) is 16.2. The third kappa shape index (κ3) is 13.0. The van der Waals surface area contributed by atoms with Gasteiger partial charge in [-0.2, -0.15) is 0 Å².